The molecule has 3 rings (SSSR count). The smallest absolute Gasteiger partial charge is 0.243 e. The van der Waals surface area contributed by atoms with Crippen molar-refractivity contribution in [3.05, 3.63) is 0 Å². The van der Waals surface area contributed by atoms with Crippen molar-refractivity contribution in [1.82, 2.24) is 26.6 Å². The first-order valence-corrected chi connectivity index (χ1v) is 28.4. The molecule has 0 unspecified atom stereocenters. The average molecular weight is 1120 g/mol. The lowest BCUT2D eigenvalue weighted by Crippen LogP contribution is -2.57. The Balaban J connectivity index is 1.58. The summed E-state index contributed by atoms with van der Waals surface area (Å²) < 4.78 is 16.4. The van der Waals surface area contributed by atoms with Crippen molar-refractivity contribution in [3.8, 4) is 0 Å². The van der Waals surface area contributed by atoms with Crippen molar-refractivity contribution in [2.24, 2.45) is 5.73 Å². The first-order chi connectivity index (χ1) is 35.4. The van der Waals surface area contributed by atoms with Gasteiger partial charge in [-0.15, -0.1) is 35.3 Å². The van der Waals surface area contributed by atoms with Crippen molar-refractivity contribution in [2.75, 3.05) is 63.3 Å². The molecule has 5 amide bonds. The molecule has 0 aromatic carbocycles. The fraction of sp³-hybridized carbons (Fsp3) is 0.889. The molecule has 74 heavy (non-hydrogen) atoms. The van der Waals surface area contributed by atoms with Gasteiger partial charge < -0.3 is 108 Å². The third-order valence-electron chi connectivity index (χ3n) is 12.6. The van der Waals surface area contributed by atoms with Gasteiger partial charge in [0.2, 0.25) is 29.5 Å². The topological polar surface area (TPSA) is 442 Å². The van der Waals surface area contributed by atoms with E-state index in [1.165, 1.54) is 0 Å². The molecule has 3 saturated heterocycles. The van der Waals surface area contributed by atoms with Crippen LogP contribution in [0.1, 0.15) is 83.5 Å². The second-order valence-corrected chi connectivity index (χ2v) is 21.9. The minimum atomic E-state index is -1.61. The number of hydrogen-bond donors (Lipinski definition) is 18. The Morgan fingerprint density at radius 3 is 1.16 bits per heavy atom. The molecule has 0 saturated carbocycles. The third kappa shape index (κ3) is 22.2. The molecular weight excluding hydrogens is 1040 g/mol. The Morgan fingerprint density at radius 2 is 0.770 bits per heavy atom. The maximum atomic E-state index is 14.0. The quantitative estimate of drug-likeness (QED) is 0.0263. The van der Waals surface area contributed by atoms with Gasteiger partial charge in [0.25, 0.3) is 0 Å². The van der Waals surface area contributed by atoms with Crippen LogP contribution >= 0.6 is 35.3 Å². The molecule has 0 aromatic rings. The average Bonchev–Trinajstić information content (AvgIpc) is 3.38. The molecule has 26 nitrogen and oxygen atoms in total. The number of carbonyl (C=O) groups is 5. The number of rotatable bonds is 35. The van der Waals surface area contributed by atoms with E-state index in [0.717, 1.165) is 54.5 Å². The molecule has 0 spiro atoms. The Bertz CT molecular complexity index is 1650. The highest BCUT2D eigenvalue weighted by atomic mass is 32.2. The first kappa shape index (κ1) is 66.0. The lowest BCUT2D eigenvalue weighted by Gasteiger charge is -2.39. The molecule has 3 aliphatic rings. The number of aliphatic hydroxyl groups excluding tert-OH is 12. The van der Waals surface area contributed by atoms with Crippen molar-refractivity contribution in [3.63, 3.8) is 0 Å². The van der Waals surface area contributed by atoms with Gasteiger partial charge in [-0.1, -0.05) is 12.8 Å². The normalized spacial score (nSPS) is 31.0. The Morgan fingerprint density at radius 1 is 0.419 bits per heavy atom. The summed E-state index contributed by atoms with van der Waals surface area (Å²) in [6.07, 6.45) is -12.2. The highest BCUT2D eigenvalue weighted by Crippen LogP contribution is 2.31. The fourth-order valence-corrected chi connectivity index (χ4v) is 11.4. The van der Waals surface area contributed by atoms with Crippen LogP contribution in [-0.4, -0.2) is 256 Å². The van der Waals surface area contributed by atoms with Gasteiger partial charge in [0.15, 0.2) is 0 Å². The number of nitrogens with two attached hydrogens (primary N) is 1. The summed E-state index contributed by atoms with van der Waals surface area (Å²) in [5.74, 6) is -1.97. The second kappa shape index (κ2) is 36.0. The molecule has 0 aromatic heterocycles. The number of aliphatic hydroxyl groups is 12. The van der Waals surface area contributed by atoms with Crippen LogP contribution in [0.25, 0.3) is 0 Å². The van der Waals surface area contributed by atoms with Gasteiger partial charge in [-0.3, -0.25) is 24.0 Å². The van der Waals surface area contributed by atoms with Crippen LogP contribution in [0.5, 0.6) is 0 Å². The predicted molar refractivity (Wildman–Crippen MR) is 271 cm³/mol. The number of carbonyl (C=O) groups excluding carboxylic acids is 5. The van der Waals surface area contributed by atoms with E-state index in [1.807, 2.05) is 0 Å². The highest BCUT2D eigenvalue weighted by Gasteiger charge is 2.46. The first-order valence-electron chi connectivity index (χ1n) is 25.3. The summed E-state index contributed by atoms with van der Waals surface area (Å²) in [5, 5.41) is 134. The molecule has 3 heterocycles. The molecule has 0 aliphatic carbocycles. The maximum absolute atomic E-state index is 14.0. The van der Waals surface area contributed by atoms with E-state index in [4.69, 9.17) is 19.9 Å². The Hall–Kier alpha value is -2.24. The van der Waals surface area contributed by atoms with E-state index in [1.54, 1.807) is 0 Å². The third-order valence-corrected chi connectivity index (χ3v) is 16.1. The summed E-state index contributed by atoms with van der Waals surface area (Å²) in [4.78, 5) is 66.2. The van der Waals surface area contributed by atoms with Crippen LogP contribution in [0.15, 0.2) is 0 Å². The van der Waals surface area contributed by atoms with Gasteiger partial charge in [0.05, 0.1) is 19.8 Å². The van der Waals surface area contributed by atoms with Gasteiger partial charge >= 0.3 is 0 Å². The molecule has 3 aliphatic heterocycles. The van der Waals surface area contributed by atoms with Gasteiger partial charge in [0.1, 0.15) is 102 Å². The summed E-state index contributed by atoms with van der Waals surface area (Å²) in [6, 6.07) is -2.20. The molecule has 3 fully saturated rings. The number of unbranched alkanes of at least 4 members (excludes halogenated alkanes) is 5. The van der Waals surface area contributed by atoms with Crippen LogP contribution < -0.4 is 32.3 Å². The van der Waals surface area contributed by atoms with Gasteiger partial charge in [0, 0.05) is 56.2 Å². The number of ether oxygens (including phenoxy) is 3. The largest absolute Gasteiger partial charge is 0.394 e. The van der Waals surface area contributed by atoms with Crippen LogP contribution in [0.2, 0.25) is 0 Å². The van der Waals surface area contributed by atoms with Crippen LogP contribution in [0, 0.1) is 0 Å². The fourth-order valence-electron chi connectivity index (χ4n) is 8.03. The number of hydrogen-bond acceptors (Lipinski definition) is 24. The molecular formula is C45H82N6O20S3. The van der Waals surface area contributed by atoms with Gasteiger partial charge in [-0.25, -0.2) is 0 Å². The van der Waals surface area contributed by atoms with Crippen molar-refractivity contribution >= 4 is 64.8 Å². The Kier molecular flexibility index (Phi) is 32.2. The molecule has 19 N–H and O–H groups in total. The zero-order valence-electron chi connectivity index (χ0n) is 41.5. The summed E-state index contributed by atoms with van der Waals surface area (Å²) in [7, 11) is 0. The standard InChI is InChI=1S/C45H82N6O20S3/c46-14-5-1-2-6-17-49-41(67)24(9-3-7-15-47-29(55)11-18-72-43-38(64)35(61)32(58)26(21-52)69-43)51-42(68)25(50-31(57)13-20-74-45-40(66)37(63)34(60)28(23-54)71-45)10-4-8-16-48-30(56)12-19-73-44-39(65)36(62)33(59)27(22-53)70-44/h24-28,32-40,43-45,52-54,58-66H,1-23,46H2,(H,47,55)(H,48,56)(H,49,67)(H,50,57)(H,51,68)/t24-,25-,26+,27+,28+,32+,33+,34+,35-,36-,37-,38-,39-,40-,43+,44+,45+/m0/s1. The van der Waals surface area contributed by atoms with Gasteiger partial charge in [-0.05, 0) is 57.9 Å². The highest BCUT2D eigenvalue weighted by molar-refractivity contribution is 8.00. The second-order valence-electron chi connectivity index (χ2n) is 18.3. The van der Waals surface area contributed by atoms with Crippen molar-refractivity contribution in [1.29, 1.82) is 0 Å². The van der Waals surface area contributed by atoms with Crippen molar-refractivity contribution < 1.29 is 99.5 Å². The minimum absolute atomic E-state index is 0.000875. The van der Waals surface area contributed by atoms with E-state index in [0.29, 0.717) is 45.2 Å². The van der Waals surface area contributed by atoms with Crippen LogP contribution in [-0.2, 0) is 38.2 Å². The molecule has 430 valence electrons. The number of amides is 5. The van der Waals surface area contributed by atoms with Crippen LogP contribution in [0.3, 0.4) is 0 Å². The van der Waals surface area contributed by atoms with E-state index in [9.17, 15) is 85.3 Å². The molecule has 17 atom stereocenters. The zero-order valence-corrected chi connectivity index (χ0v) is 44.0. The molecule has 0 bridgehead atoms. The van der Waals surface area contributed by atoms with E-state index in [2.05, 4.69) is 26.6 Å². The van der Waals surface area contributed by atoms with E-state index >= 15 is 0 Å². The molecule has 29 heteroatoms. The predicted octanol–water partition coefficient (Wildman–Crippen LogP) is -6.07. The lowest BCUT2D eigenvalue weighted by atomic mass is 10.0. The number of thioether (sulfide) groups is 3. The van der Waals surface area contributed by atoms with Crippen molar-refractivity contribution in [2.45, 2.75) is 185 Å². The summed E-state index contributed by atoms with van der Waals surface area (Å²) in [5.41, 5.74) is 2.54. The minimum Gasteiger partial charge on any atom is -0.394 e. The monoisotopic (exact) mass is 1120 g/mol. The van der Waals surface area contributed by atoms with E-state index < -0.39 is 139 Å². The lowest BCUT2D eigenvalue weighted by molar-refractivity contribution is -0.205. The van der Waals surface area contributed by atoms with Crippen LogP contribution in [0.4, 0.5) is 0 Å². The summed E-state index contributed by atoms with van der Waals surface area (Å²) in [6.45, 7) is -0.505. The number of nitrogens with one attached hydrogen (secondary N) is 5. The van der Waals surface area contributed by atoms with E-state index in [-0.39, 0.29) is 74.3 Å². The molecule has 0 radical (unpaired) electrons. The Labute approximate surface area is 443 Å². The van der Waals surface area contributed by atoms with Gasteiger partial charge in [-0.2, -0.15) is 0 Å². The SMILES string of the molecule is NCCCCCCNC(=O)[C@H](CCCCNC(=O)CCS[C@H]1O[C@H](CO)[C@@H](O)[C@H](O)[C@@H]1O)NC(=O)[C@H](CCCCNC(=O)CCS[C@H]1O[C@H](CO)[C@@H](O)[C@H](O)[C@@H]1O)NC(=O)CCS[C@H]1O[C@H](CO)[C@@H](O)[C@H](O)[C@@H]1O. The zero-order chi connectivity index (χ0) is 54.7. The maximum Gasteiger partial charge on any atom is 0.243 e. The summed E-state index contributed by atoms with van der Waals surface area (Å²) >= 11 is 3.03.